The van der Waals surface area contributed by atoms with Gasteiger partial charge in [0.1, 0.15) is 24.2 Å². The molecule has 2 amide bonds. The van der Waals surface area contributed by atoms with Crippen LogP contribution in [0.2, 0.25) is 0 Å². The molecule has 2 saturated heterocycles. The summed E-state index contributed by atoms with van der Waals surface area (Å²) in [5.41, 5.74) is 5.24. The smallest absolute Gasteiger partial charge is 0.376 e. The van der Waals surface area contributed by atoms with Gasteiger partial charge in [0.2, 0.25) is 5.91 Å². The van der Waals surface area contributed by atoms with Crippen molar-refractivity contribution >= 4 is 23.6 Å². The third kappa shape index (κ3) is 2.53. The number of amides is 2. The molecule has 102 valence electrons. The minimum Gasteiger partial charge on any atom is -0.475 e. The molecule has 0 saturated carbocycles. The Morgan fingerprint density at radius 2 is 1.89 bits per heavy atom. The maximum absolute atomic E-state index is 11.6. The highest BCUT2D eigenvalue weighted by molar-refractivity contribution is 6.38. The third-order valence-electron chi connectivity index (χ3n) is 2.60. The summed E-state index contributed by atoms with van der Waals surface area (Å²) in [6.07, 6.45) is -0.893. The maximum atomic E-state index is 11.6. The molecule has 0 aromatic heterocycles. The SMILES string of the molecule is N[C@@H]1NC(=O)[C@@H]2NC(=O)/C(=C/C(=O)C(=O)O)N[C@H]2N1. The summed E-state index contributed by atoms with van der Waals surface area (Å²) in [5, 5.41) is 18.5. The van der Waals surface area contributed by atoms with Crippen LogP contribution in [-0.2, 0) is 19.2 Å². The monoisotopic (exact) mass is 269 g/mol. The molecule has 2 aliphatic rings. The molecule has 2 rings (SSSR count). The van der Waals surface area contributed by atoms with Crippen LogP contribution in [0.3, 0.4) is 0 Å². The summed E-state index contributed by atoms with van der Waals surface area (Å²) in [4.78, 5) is 44.6. The van der Waals surface area contributed by atoms with Crippen molar-refractivity contribution in [3.05, 3.63) is 11.8 Å². The van der Waals surface area contributed by atoms with Crippen LogP contribution < -0.4 is 27.0 Å². The largest absolute Gasteiger partial charge is 0.475 e. The lowest BCUT2D eigenvalue weighted by Crippen LogP contribution is -2.77. The highest BCUT2D eigenvalue weighted by Gasteiger charge is 2.40. The van der Waals surface area contributed by atoms with E-state index in [0.717, 1.165) is 0 Å². The summed E-state index contributed by atoms with van der Waals surface area (Å²) < 4.78 is 0. The number of carbonyl (C=O) groups is 4. The lowest BCUT2D eigenvalue weighted by Gasteiger charge is -2.40. The first kappa shape index (κ1) is 13.0. The van der Waals surface area contributed by atoms with Gasteiger partial charge in [0.25, 0.3) is 11.7 Å². The molecular weight excluding hydrogens is 258 g/mol. The van der Waals surface area contributed by atoms with Gasteiger partial charge in [-0.1, -0.05) is 0 Å². The van der Waals surface area contributed by atoms with Crippen LogP contribution in [0, 0.1) is 0 Å². The molecule has 0 radical (unpaired) electrons. The second kappa shape index (κ2) is 4.66. The van der Waals surface area contributed by atoms with Gasteiger partial charge in [-0.25, -0.2) is 4.79 Å². The van der Waals surface area contributed by atoms with Crippen molar-refractivity contribution in [1.82, 2.24) is 21.3 Å². The van der Waals surface area contributed by atoms with E-state index in [1.807, 2.05) is 0 Å². The lowest BCUT2D eigenvalue weighted by atomic mass is 10.1. The van der Waals surface area contributed by atoms with E-state index in [4.69, 9.17) is 10.8 Å². The highest BCUT2D eigenvalue weighted by atomic mass is 16.4. The Morgan fingerprint density at radius 3 is 2.53 bits per heavy atom. The Bertz CT molecular complexity index is 501. The van der Waals surface area contributed by atoms with E-state index < -0.39 is 42.1 Å². The van der Waals surface area contributed by atoms with Crippen LogP contribution in [0.15, 0.2) is 11.8 Å². The molecule has 2 fully saturated rings. The zero-order chi connectivity index (χ0) is 14.2. The lowest BCUT2D eigenvalue weighted by molar-refractivity contribution is -0.146. The number of rotatable bonds is 2. The Morgan fingerprint density at radius 1 is 1.21 bits per heavy atom. The number of piperazine rings is 1. The summed E-state index contributed by atoms with van der Waals surface area (Å²) >= 11 is 0. The van der Waals surface area contributed by atoms with Crippen molar-refractivity contribution in [2.45, 2.75) is 18.5 Å². The van der Waals surface area contributed by atoms with E-state index in [2.05, 4.69) is 21.3 Å². The van der Waals surface area contributed by atoms with Gasteiger partial charge in [-0.3, -0.25) is 25.4 Å². The van der Waals surface area contributed by atoms with Gasteiger partial charge in [0.05, 0.1) is 0 Å². The first-order valence-corrected chi connectivity index (χ1v) is 5.27. The number of carboxylic acids is 1. The summed E-state index contributed by atoms with van der Waals surface area (Å²) in [5.74, 6) is -4.17. The number of carboxylic acid groups (broad SMARTS) is 1. The molecule has 3 atom stereocenters. The van der Waals surface area contributed by atoms with Gasteiger partial charge in [-0.05, 0) is 0 Å². The topological polar surface area (TPSA) is 163 Å². The van der Waals surface area contributed by atoms with Gasteiger partial charge in [-0.2, -0.15) is 0 Å². The van der Waals surface area contributed by atoms with Crippen LogP contribution in [-0.4, -0.2) is 47.2 Å². The highest BCUT2D eigenvalue weighted by Crippen LogP contribution is 2.08. The number of hydrogen-bond donors (Lipinski definition) is 6. The van der Waals surface area contributed by atoms with Crippen LogP contribution in [0.25, 0.3) is 0 Å². The first-order chi connectivity index (χ1) is 8.88. The minimum absolute atomic E-state index is 0.247. The van der Waals surface area contributed by atoms with Crippen molar-refractivity contribution in [2.75, 3.05) is 0 Å². The molecule has 10 heteroatoms. The summed E-state index contributed by atoms with van der Waals surface area (Å²) in [6.45, 7) is 0. The van der Waals surface area contributed by atoms with E-state index in [9.17, 15) is 19.2 Å². The normalized spacial score (nSPS) is 31.8. The summed E-state index contributed by atoms with van der Waals surface area (Å²) in [6, 6.07) is -0.899. The van der Waals surface area contributed by atoms with Crippen LogP contribution in [0.1, 0.15) is 0 Å². The van der Waals surface area contributed by atoms with E-state index >= 15 is 0 Å². The Labute approximate surface area is 106 Å². The Balaban J connectivity index is 2.19. The fourth-order valence-corrected chi connectivity index (χ4v) is 1.75. The molecular formula is C9H11N5O5. The molecule has 7 N–H and O–H groups in total. The average molecular weight is 269 g/mol. The average Bonchev–Trinajstić information content (AvgIpc) is 2.31. The van der Waals surface area contributed by atoms with Gasteiger partial charge < -0.3 is 21.1 Å². The molecule has 0 aliphatic carbocycles. The maximum Gasteiger partial charge on any atom is 0.376 e. The molecule has 0 unspecified atom stereocenters. The zero-order valence-corrected chi connectivity index (χ0v) is 9.47. The van der Waals surface area contributed by atoms with Crippen molar-refractivity contribution in [1.29, 1.82) is 0 Å². The number of nitrogens with two attached hydrogens (primary N) is 1. The molecule has 10 nitrogen and oxygen atoms in total. The van der Waals surface area contributed by atoms with E-state index in [0.29, 0.717) is 6.08 Å². The minimum atomic E-state index is -1.68. The van der Waals surface area contributed by atoms with Crippen molar-refractivity contribution in [2.24, 2.45) is 5.73 Å². The van der Waals surface area contributed by atoms with Crippen LogP contribution in [0.4, 0.5) is 0 Å². The number of hydrogen-bond acceptors (Lipinski definition) is 7. The Kier molecular flexibility index (Phi) is 3.19. The molecule has 2 heterocycles. The van der Waals surface area contributed by atoms with Crippen molar-refractivity contribution in [3.63, 3.8) is 0 Å². The fraction of sp³-hybridized carbons (Fsp3) is 0.333. The number of fused-ring (bicyclic) bond motifs is 1. The molecule has 19 heavy (non-hydrogen) atoms. The number of carbonyl (C=O) groups excluding carboxylic acids is 3. The first-order valence-electron chi connectivity index (χ1n) is 5.27. The van der Waals surface area contributed by atoms with Gasteiger partial charge in [0, 0.05) is 6.08 Å². The Hall–Kier alpha value is -2.46. The summed E-state index contributed by atoms with van der Waals surface area (Å²) in [7, 11) is 0. The van der Waals surface area contributed by atoms with Gasteiger partial charge in [0.15, 0.2) is 0 Å². The van der Waals surface area contributed by atoms with Gasteiger partial charge in [-0.15, -0.1) is 0 Å². The van der Waals surface area contributed by atoms with Gasteiger partial charge >= 0.3 is 5.97 Å². The van der Waals surface area contributed by atoms with Crippen molar-refractivity contribution in [3.8, 4) is 0 Å². The zero-order valence-electron chi connectivity index (χ0n) is 9.47. The van der Waals surface area contributed by atoms with E-state index in [1.54, 1.807) is 0 Å². The molecule has 0 aromatic carbocycles. The molecule has 2 aliphatic heterocycles. The molecule has 0 bridgehead atoms. The third-order valence-corrected chi connectivity index (χ3v) is 2.60. The molecule has 0 aromatic rings. The molecule has 0 spiro atoms. The second-order valence-corrected chi connectivity index (χ2v) is 3.95. The van der Waals surface area contributed by atoms with E-state index in [-0.39, 0.29) is 5.70 Å². The standard InChI is InChI=1S/C9H11N5O5/c10-9-13-5-4(7(17)14-9)12-6(16)2(11-5)1-3(15)8(18)19/h1,4-5,9,11,13H,10H2,(H,12,16)(H,14,17)(H,18,19)/b2-1-/t4-,5+,9+/m1/s1. The van der Waals surface area contributed by atoms with E-state index in [1.165, 1.54) is 0 Å². The quantitative estimate of drug-likeness (QED) is 0.217. The fourth-order valence-electron chi connectivity index (χ4n) is 1.75. The van der Waals surface area contributed by atoms with Crippen LogP contribution in [0.5, 0.6) is 0 Å². The predicted octanol–water partition coefficient (Wildman–Crippen LogP) is -4.10. The predicted molar refractivity (Wildman–Crippen MR) is 58.8 cm³/mol. The number of nitrogens with one attached hydrogen (secondary N) is 4. The van der Waals surface area contributed by atoms with Crippen molar-refractivity contribution < 1.29 is 24.3 Å². The second-order valence-electron chi connectivity index (χ2n) is 3.95. The number of ketones is 1. The number of aliphatic carboxylic acids is 1. The van der Waals surface area contributed by atoms with Crippen LogP contribution >= 0.6 is 0 Å².